The molecule has 3 N–H and O–H groups in total. The molecule has 53 heavy (non-hydrogen) atoms. The average molecular weight is 740 g/mol. The SMILES string of the molecule is CCCCCCCCCCCCOc1cc(-c2cc(=O)[nH]c(N)n2)cc(OCCCCCCCCCCCC)c1OCCCCCCCCCCCC. The lowest BCUT2D eigenvalue weighted by Crippen LogP contribution is -2.11. The van der Waals surface area contributed by atoms with Crippen LogP contribution in [0.3, 0.4) is 0 Å². The van der Waals surface area contributed by atoms with Gasteiger partial charge in [-0.15, -0.1) is 0 Å². The molecule has 0 saturated heterocycles. The summed E-state index contributed by atoms with van der Waals surface area (Å²) in [6.45, 7) is 8.66. The highest BCUT2D eigenvalue weighted by atomic mass is 16.5. The lowest BCUT2D eigenvalue weighted by molar-refractivity contribution is 0.234. The van der Waals surface area contributed by atoms with Gasteiger partial charge >= 0.3 is 0 Å². The van der Waals surface area contributed by atoms with Crippen LogP contribution >= 0.6 is 0 Å². The van der Waals surface area contributed by atoms with Crippen LogP contribution < -0.4 is 25.5 Å². The van der Waals surface area contributed by atoms with Crippen molar-refractivity contribution < 1.29 is 14.2 Å². The van der Waals surface area contributed by atoms with Crippen molar-refractivity contribution in [2.24, 2.45) is 0 Å². The van der Waals surface area contributed by atoms with Gasteiger partial charge in [-0.1, -0.05) is 194 Å². The van der Waals surface area contributed by atoms with Crippen molar-refractivity contribution in [1.82, 2.24) is 9.97 Å². The molecule has 0 aliphatic heterocycles. The number of aromatic nitrogens is 2. The van der Waals surface area contributed by atoms with Crippen molar-refractivity contribution >= 4 is 5.95 Å². The number of anilines is 1. The first-order valence-electron chi connectivity index (χ1n) is 22.5. The van der Waals surface area contributed by atoms with Crippen LogP contribution in [-0.4, -0.2) is 29.8 Å². The van der Waals surface area contributed by atoms with E-state index in [0.717, 1.165) is 44.1 Å². The Morgan fingerprint density at radius 3 is 1.13 bits per heavy atom. The summed E-state index contributed by atoms with van der Waals surface area (Å²) in [4.78, 5) is 19.4. The van der Waals surface area contributed by atoms with E-state index >= 15 is 0 Å². The molecule has 1 aromatic heterocycles. The quantitative estimate of drug-likeness (QED) is 0.0669. The van der Waals surface area contributed by atoms with Crippen molar-refractivity contribution in [3.8, 4) is 28.5 Å². The van der Waals surface area contributed by atoms with Gasteiger partial charge in [0, 0.05) is 11.6 Å². The van der Waals surface area contributed by atoms with E-state index in [1.165, 1.54) is 160 Å². The van der Waals surface area contributed by atoms with E-state index in [2.05, 4.69) is 30.7 Å². The van der Waals surface area contributed by atoms with Gasteiger partial charge in [-0.3, -0.25) is 9.78 Å². The molecule has 2 aromatic rings. The van der Waals surface area contributed by atoms with Gasteiger partial charge in [0.2, 0.25) is 11.7 Å². The Labute approximate surface area is 325 Å². The van der Waals surface area contributed by atoms with Gasteiger partial charge in [0.25, 0.3) is 5.56 Å². The summed E-state index contributed by atoms with van der Waals surface area (Å²) in [5.41, 5.74) is 6.92. The molecule has 0 aliphatic carbocycles. The van der Waals surface area contributed by atoms with Gasteiger partial charge in [-0.25, -0.2) is 4.98 Å². The monoisotopic (exact) mass is 740 g/mol. The summed E-state index contributed by atoms with van der Waals surface area (Å²) in [5.74, 6) is 2.07. The standard InChI is InChI=1S/C46H81N3O4/c1-4-7-10-13-16-19-22-25-28-31-34-51-42-37-40(41-39-44(50)49-46(47)48-41)38-43(52-35-32-29-26-23-20-17-14-11-8-5-2)45(42)53-36-33-30-27-24-21-18-15-12-9-6-3/h37-39H,4-36H2,1-3H3,(H3,47,48,49,50). The van der Waals surface area contributed by atoms with Crippen molar-refractivity contribution in [3.63, 3.8) is 0 Å². The summed E-state index contributed by atoms with van der Waals surface area (Å²) < 4.78 is 19.5. The molecule has 0 amide bonds. The average Bonchev–Trinajstić information content (AvgIpc) is 3.15. The first-order chi connectivity index (χ1) is 26.1. The Bertz CT molecular complexity index is 1150. The largest absolute Gasteiger partial charge is 0.490 e. The predicted molar refractivity (Wildman–Crippen MR) is 227 cm³/mol. The molecule has 1 heterocycles. The minimum atomic E-state index is -0.283. The second-order valence-corrected chi connectivity index (χ2v) is 15.4. The maximum Gasteiger partial charge on any atom is 0.252 e. The van der Waals surface area contributed by atoms with E-state index in [1.54, 1.807) is 0 Å². The van der Waals surface area contributed by atoms with Crippen LogP contribution in [0.4, 0.5) is 5.95 Å². The second-order valence-electron chi connectivity index (χ2n) is 15.4. The summed E-state index contributed by atoms with van der Waals surface area (Å²) in [6, 6.07) is 5.37. The molecule has 0 spiro atoms. The number of hydrogen-bond acceptors (Lipinski definition) is 6. The molecule has 0 unspecified atom stereocenters. The Kier molecular flexibility index (Phi) is 28.7. The maximum absolute atomic E-state index is 12.4. The van der Waals surface area contributed by atoms with Crippen LogP contribution in [0.5, 0.6) is 17.2 Å². The van der Waals surface area contributed by atoms with Crippen molar-refractivity contribution in [1.29, 1.82) is 0 Å². The fraction of sp³-hybridized carbons (Fsp3) is 0.783. The number of ether oxygens (including phenoxy) is 3. The highest BCUT2D eigenvalue weighted by Gasteiger charge is 2.18. The lowest BCUT2D eigenvalue weighted by atomic mass is 10.1. The highest BCUT2D eigenvalue weighted by Crippen LogP contribution is 2.42. The van der Waals surface area contributed by atoms with E-state index in [0.29, 0.717) is 42.8 Å². The number of hydrogen-bond donors (Lipinski definition) is 2. The summed E-state index contributed by atoms with van der Waals surface area (Å²) in [5, 5.41) is 0. The normalized spacial score (nSPS) is 11.3. The molecule has 0 radical (unpaired) electrons. The van der Waals surface area contributed by atoms with E-state index in [1.807, 2.05) is 12.1 Å². The molecular weight excluding hydrogens is 659 g/mol. The maximum atomic E-state index is 12.4. The number of rotatable bonds is 37. The van der Waals surface area contributed by atoms with Gasteiger partial charge in [-0.2, -0.15) is 0 Å². The Hall–Kier alpha value is -2.70. The lowest BCUT2D eigenvalue weighted by Gasteiger charge is -2.19. The van der Waals surface area contributed by atoms with Crippen LogP contribution in [0.1, 0.15) is 213 Å². The molecule has 7 nitrogen and oxygen atoms in total. The van der Waals surface area contributed by atoms with Gasteiger partial charge in [0.15, 0.2) is 11.5 Å². The number of nitrogens with two attached hydrogens (primary N) is 1. The number of benzene rings is 1. The smallest absolute Gasteiger partial charge is 0.252 e. The van der Waals surface area contributed by atoms with E-state index < -0.39 is 0 Å². The van der Waals surface area contributed by atoms with Crippen molar-refractivity contribution in [2.75, 3.05) is 25.6 Å². The Morgan fingerprint density at radius 2 is 0.792 bits per heavy atom. The summed E-state index contributed by atoms with van der Waals surface area (Å²) >= 11 is 0. The Balaban J connectivity index is 2.04. The van der Waals surface area contributed by atoms with Crippen LogP contribution in [-0.2, 0) is 0 Å². The number of nitrogen functional groups attached to an aromatic ring is 1. The van der Waals surface area contributed by atoms with Gasteiger partial charge < -0.3 is 19.9 Å². The molecular formula is C46H81N3O4. The zero-order chi connectivity index (χ0) is 38.0. The zero-order valence-corrected chi connectivity index (χ0v) is 34.7. The fourth-order valence-electron chi connectivity index (χ4n) is 7.01. The van der Waals surface area contributed by atoms with Gasteiger partial charge in [-0.05, 0) is 31.4 Å². The van der Waals surface area contributed by atoms with Crippen LogP contribution in [0.2, 0.25) is 0 Å². The van der Waals surface area contributed by atoms with Crippen molar-refractivity contribution in [3.05, 3.63) is 28.6 Å². The molecule has 2 rings (SSSR count). The summed E-state index contributed by atoms with van der Waals surface area (Å²) in [7, 11) is 0. The second kappa shape index (κ2) is 32.7. The molecule has 0 bridgehead atoms. The predicted octanol–water partition coefficient (Wildman–Crippen LogP) is 13.9. The van der Waals surface area contributed by atoms with E-state index in [9.17, 15) is 4.79 Å². The van der Waals surface area contributed by atoms with Gasteiger partial charge in [0.05, 0.1) is 25.5 Å². The minimum Gasteiger partial charge on any atom is -0.490 e. The third kappa shape index (κ3) is 23.6. The summed E-state index contributed by atoms with van der Waals surface area (Å²) in [6.07, 6.45) is 38.3. The molecule has 1 aromatic carbocycles. The molecule has 0 aliphatic rings. The first-order valence-corrected chi connectivity index (χ1v) is 22.5. The zero-order valence-electron chi connectivity index (χ0n) is 34.7. The molecule has 7 heteroatoms. The number of nitrogens with one attached hydrogen (secondary N) is 1. The topological polar surface area (TPSA) is 99.5 Å². The number of H-pyrrole nitrogens is 1. The fourth-order valence-corrected chi connectivity index (χ4v) is 7.01. The number of nitrogens with zero attached hydrogens (tertiary/aromatic N) is 1. The molecule has 0 atom stereocenters. The van der Waals surface area contributed by atoms with E-state index in [-0.39, 0.29) is 11.5 Å². The molecule has 304 valence electrons. The van der Waals surface area contributed by atoms with Crippen LogP contribution in [0, 0.1) is 0 Å². The van der Waals surface area contributed by atoms with Crippen LogP contribution in [0.15, 0.2) is 23.0 Å². The highest BCUT2D eigenvalue weighted by molar-refractivity contribution is 5.69. The molecule has 0 saturated carbocycles. The van der Waals surface area contributed by atoms with Gasteiger partial charge in [0.1, 0.15) is 0 Å². The Morgan fingerprint density at radius 1 is 0.472 bits per heavy atom. The minimum absolute atomic E-state index is 0.0921. The van der Waals surface area contributed by atoms with Crippen molar-refractivity contribution in [2.45, 2.75) is 213 Å². The third-order valence-electron chi connectivity index (χ3n) is 10.3. The van der Waals surface area contributed by atoms with E-state index in [4.69, 9.17) is 19.9 Å². The van der Waals surface area contributed by atoms with Crippen LogP contribution in [0.25, 0.3) is 11.3 Å². The first kappa shape index (κ1) is 46.5. The number of unbranched alkanes of at least 4 members (excludes halogenated alkanes) is 27. The molecule has 0 fully saturated rings. The third-order valence-corrected chi connectivity index (χ3v) is 10.3. The number of aromatic amines is 1.